The van der Waals surface area contributed by atoms with Crippen molar-refractivity contribution in [2.45, 2.75) is 39.0 Å². The van der Waals surface area contributed by atoms with Gasteiger partial charge in [0.15, 0.2) is 0 Å². The third-order valence-electron chi connectivity index (χ3n) is 2.24. The fourth-order valence-electron chi connectivity index (χ4n) is 1.29. The number of nitrogens with zero attached hydrogens (tertiary/aromatic N) is 1. The molecule has 1 aromatic heterocycles. The van der Waals surface area contributed by atoms with Crippen molar-refractivity contribution in [3.05, 3.63) is 16.1 Å². The van der Waals surface area contributed by atoms with Crippen LogP contribution in [-0.4, -0.2) is 24.0 Å². The van der Waals surface area contributed by atoms with Crippen LogP contribution in [0.25, 0.3) is 0 Å². The fourth-order valence-corrected chi connectivity index (χ4v) is 2.20. The van der Waals surface area contributed by atoms with Gasteiger partial charge in [0.1, 0.15) is 0 Å². The van der Waals surface area contributed by atoms with Gasteiger partial charge in [-0.05, 0) is 13.0 Å². The molecule has 0 bridgehead atoms. The topological polar surface area (TPSA) is 68.0 Å². The van der Waals surface area contributed by atoms with E-state index < -0.39 is 0 Å². The normalized spacial score (nSPS) is 10.3. The molecule has 7 heteroatoms. The summed E-state index contributed by atoms with van der Waals surface area (Å²) in [7, 11) is 0. The highest BCUT2D eigenvalue weighted by Gasteiger charge is 2.18. The Morgan fingerprint density at radius 3 is 2.53 bits per heavy atom. The number of rotatable bonds is 5. The van der Waals surface area contributed by atoms with Crippen molar-refractivity contribution in [3.8, 4) is 0 Å². The molecule has 0 aromatic carbocycles. The first-order valence-corrected chi connectivity index (χ1v) is 6.73. The Morgan fingerprint density at radius 2 is 2.05 bits per heavy atom. The summed E-state index contributed by atoms with van der Waals surface area (Å²) in [5.41, 5.74) is 6.26. The quantitative estimate of drug-likeness (QED) is 0.815. The predicted molar refractivity (Wildman–Crippen MR) is 85.7 cm³/mol. The van der Waals surface area contributed by atoms with Crippen LogP contribution in [0.15, 0.2) is 5.38 Å². The highest BCUT2D eigenvalue weighted by molar-refractivity contribution is 7.09. The van der Waals surface area contributed by atoms with E-state index in [0.717, 1.165) is 17.1 Å². The largest absolute Gasteiger partial charge is 0.356 e. The van der Waals surface area contributed by atoms with Crippen LogP contribution in [0.2, 0.25) is 0 Å². The van der Waals surface area contributed by atoms with Crippen molar-refractivity contribution >= 4 is 42.1 Å². The maximum Gasteiger partial charge on any atom is 0.226 e. The molecule has 3 N–H and O–H groups in total. The lowest BCUT2D eigenvalue weighted by molar-refractivity contribution is -0.120. The van der Waals surface area contributed by atoms with Gasteiger partial charge in [0.05, 0.1) is 17.1 Å². The van der Waals surface area contributed by atoms with Crippen LogP contribution in [0.5, 0.6) is 0 Å². The van der Waals surface area contributed by atoms with Crippen LogP contribution in [0.3, 0.4) is 0 Å². The van der Waals surface area contributed by atoms with Gasteiger partial charge in [-0.15, -0.1) is 36.2 Å². The summed E-state index contributed by atoms with van der Waals surface area (Å²) >= 11 is 1.62. The van der Waals surface area contributed by atoms with Crippen LogP contribution >= 0.6 is 36.2 Å². The average Bonchev–Trinajstić information content (AvgIpc) is 2.66. The standard InChI is InChI=1S/C12H21N3OS.2ClH/c1-12(2,3)11-15-9(8-17-11)7-10(16)14-6-4-5-13;;/h8H,4-7,13H2,1-3H3,(H,14,16);2*1H. The smallest absolute Gasteiger partial charge is 0.226 e. The Kier molecular flexibility index (Phi) is 10.5. The monoisotopic (exact) mass is 327 g/mol. The first kappa shape index (κ1) is 20.9. The lowest BCUT2D eigenvalue weighted by Crippen LogP contribution is -2.27. The van der Waals surface area contributed by atoms with E-state index in [-0.39, 0.29) is 36.1 Å². The number of amides is 1. The zero-order valence-corrected chi connectivity index (χ0v) is 14.0. The number of hydrogen-bond acceptors (Lipinski definition) is 4. The van der Waals surface area contributed by atoms with E-state index in [1.165, 1.54) is 0 Å². The highest BCUT2D eigenvalue weighted by atomic mass is 35.5. The van der Waals surface area contributed by atoms with Gasteiger partial charge in [-0.1, -0.05) is 20.8 Å². The van der Waals surface area contributed by atoms with E-state index >= 15 is 0 Å². The van der Waals surface area contributed by atoms with Crippen LogP contribution < -0.4 is 11.1 Å². The van der Waals surface area contributed by atoms with Gasteiger partial charge in [0.25, 0.3) is 0 Å². The number of carbonyl (C=O) groups is 1. The van der Waals surface area contributed by atoms with Crippen LogP contribution in [0.1, 0.15) is 37.9 Å². The van der Waals surface area contributed by atoms with Crippen molar-refractivity contribution in [1.82, 2.24) is 10.3 Å². The van der Waals surface area contributed by atoms with E-state index in [9.17, 15) is 4.79 Å². The van der Waals surface area contributed by atoms with Gasteiger partial charge in [-0.2, -0.15) is 0 Å². The van der Waals surface area contributed by atoms with Crippen molar-refractivity contribution < 1.29 is 4.79 Å². The molecular formula is C12H23Cl2N3OS. The zero-order valence-electron chi connectivity index (χ0n) is 11.6. The van der Waals surface area contributed by atoms with Gasteiger partial charge < -0.3 is 11.1 Å². The van der Waals surface area contributed by atoms with Gasteiger partial charge >= 0.3 is 0 Å². The molecule has 1 amide bonds. The molecule has 0 radical (unpaired) electrons. The number of thiazole rings is 1. The lowest BCUT2D eigenvalue weighted by Gasteiger charge is -2.13. The molecule has 0 aliphatic carbocycles. The molecule has 0 saturated carbocycles. The summed E-state index contributed by atoms with van der Waals surface area (Å²) in [4.78, 5) is 16.0. The number of aromatic nitrogens is 1. The average molecular weight is 328 g/mol. The number of nitrogens with one attached hydrogen (secondary N) is 1. The van der Waals surface area contributed by atoms with Crippen LogP contribution in [0, 0.1) is 0 Å². The Bertz CT molecular complexity index is 377. The Labute approximate surface area is 131 Å². The summed E-state index contributed by atoms with van der Waals surface area (Å²) in [6.45, 7) is 7.61. The van der Waals surface area contributed by atoms with Gasteiger partial charge in [0.2, 0.25) is 5.91 Å². The summed E-state index contributed by atoms with van der Waals surface area (Å²) in [5.74, 6) is 0.0178. The molecule has 0 atom stereocenters. The van der Waals surface area contributed by atoms with E-state index in [0.29, 0.717) is 19.5 Å². The minimum absolute atomic E-state index is 0. The maximum atomic E-state index is 11.6. The van der Waals surface area contributed by atoms with Gasteiger partial charge in [-0.3, -0.25) is 4.79 Å². The zero-order chi connectivity index (χ0) is 12.9. The number of halogens is 2. The molecular weight excluding hydrogens is 305 g/mol. The first-order chi connectivity index (χ1) is 7.93. The molecule has 1 aromatic rings. The lowest BCUT2D eigenvalue weighted by atomic mass is 9.98. The van der Waals surface area contributed by atoms with E-state index in [2.05, 4.69) is 31.1 Å². The molecule has 112 valence electrons. The minimum Gasteiger partial charge on any atom is -0.356 e. The molecule has 0 fully saturated rings. The summed E-state index contributed by atoms with van der Waals surface area (Å²) in [6.07, 6.45) is 1.17. The number of carbonyl (C=O) groups excluding carboxylic acids is 1. The second-order valence-electron chi connectivity index (χ2n) is 5.06. The predicted octanol–water partition coefficient (Wildman–Crippen LogP) is 2.29. The second-order valence-corrected chi connectivity index (χ2v) is 5.92. The molecule has 0 saturated heterocycles. The summed E-state index contributed by atoms with van der Waals surface area (Å²) < 4.78 is 0. The fraction of sp³-hybridized carbons (Fsp3) is 0.667. The van der Waals surface area contributed by atoms with Crippen molar-refractivity contribution in [3.63, 3.8) is 0 Å². The van der Waals surface area contributed by atoms with Gasteiger partial charge in [-0.25, -0.2) is 4.98 Å². The summed E-state index contributed by atoms with van der Waals surface area (Å²) in [6, 6.07) is 0. The third-order valence-corrected chi connectivity index (χ3v) is 3.55. The number of hydrogen-bond donors (Lipinski definition) is 2. The Balaban J connectivity index is 0. The van der Waals surface area contributed by atoms with Gasteiger partial charge in [0, 0.05) is 17.3 Å². The molecule has 4 nitrogen and oxygen atoms in total. The Morgan fingerprint density at radius 1 is 1.42 bits per heavy atom. The molecule has 0 aliphatic heterocycles. The highest BCUT2D eigenvalue weighted by Crippen LogP contribution is 2.25. The molecule has 1 heterocycles. The molecule has 0 spiro atoms. The van der Waals surface area contributed by atoms with Crippen molar-refractivity contribution in [1.29, 1.82) is 0 Å². The third kappa shape index (κ3) is 7.72. The van der Waals surface area contributed by atoms with E-state index in [4.69, 9.17) is 5.73 Å². The van der Waals surface area contributed by atoms with Crippen molar-refractivity contribution in [2.24, 2.45) is 5.73 Å². The Hall–Kier alpha value is -0.360. The first-order valence-electron chi connectivity index (χ1n) is 5.85. The van der Waals surface area contributed by atoms with Crippen LogP contribution in [0.4, 0.5) is 0 Å². The molecule has 0 unspecified atom stereocenters. The minimum atomic E-state index is 0. The maximum absolute atomic E-state index is 11.6. The molecule has 0 aliphatic rings. The van der Waals surface area contributed by atoms with Crippen LogP contribution in [-0.2, 0) is 16.6 Å². The SMILES string of the molecule is CC(C)(C)c1nc(CC(=O)NCCCN)cs1.Cl.Cl. The van der Waals surface area contributed by atoms with E-state index in [1.54, 1.807) is 11.3 Å². The summed E-state index contributed by atoms with van der Waals surface area (Å²) in [5, 5.41) is 5.86. The van der Waals surface area contributed by atoms with Crippen molar-refractivity contribution in [2.75, 3.05) is 13.1 Å². The van der Waals surface area contributed by atoms with E-state index in [1.807, 2.05) is 5.38 Å². The molecule has 1 rings (SSSR count). The second kappa shape index (κ2) is 9.53. The molecule has 19 heavy (non-hydrogen) atoms. The number of nitrogens with two attached hydrogens (primary N) is 1.